The Kier molecular flexibility index (Phi) is 10.8. The maximum atomic E-state index is 11.4. The van der Waals surface area contributed by atoms with Crippen molar-refractivity contribution in [3.05, 3.63) is 60.2 Å². The number of aryl methyl sites for hydroxylation is 1. The highest BCUT2D eigenvalue weighted by Gasteiger charge is 2.39. The van der Waals surface area contributed by atoms with E-state index in [2.05, 4.69) is 5.32 Å². The lowest BCUT2D eigenvalue weighted by molar-refractivity contribution is -0.121. The van der Waals surface area contributed by atoms with E-state index in [-0.39, 0.29) is 17.7 Å². The van der Waals surface area contributed by atoms with Gasteiger partial charge in [-0.05, 0) is 50.5 Å². The summed E-state index contributed by atoms with van der Waals surface area (Å²) in [6.07, 6.45) is 10.6. The zero-order valence-electron chi connectivity index (χ0n) is 18.0. The van der Waals surface area contributed by atoms with Crippen molar-refractivity contribution in [2.24, 2.45) is 11.8 Å². The van der Waals surface area contributed by atoms with Crippen LogP contribution in [0.1, 0.15) is 51.0 Å². The lowest BCUT2D eigenvalue weighted by Crippen LogP contribution is -2.21. The minimum Gasteiger partial charge on any atom is -0.393 e. The van der Waals surface area contributed by atoms with Crippen molar-refractivity contribution in [2.45, 2.75) is 70.2 Å². The van der Waals surface area contributed by atoms with Crippen molar-refractivity contribution >= 4 is 5.91 Å². The summed E-state index contributed by atoms with van der Waals surface area (Å²) < 4.78 is 0. The SMILES string of the molecule is CCNC(=O)CCC/C=C/C[C@H]1[C@@H](/C=C/[C@@H](O)CCc2ccccc2)[C@H](O)C[C@H]1O. The van der Waals surface area contributed by atoms with Crippen molar-refractivity contribution < 1.29 is 20.1 Å². The first-order valence-corrected chi connectivity index (χ1v) is 11.2. The van der Waals surface area contributed by atoms with Crippen molar-refractivity contribution in [2.75, 3.05) is 6.54 Å². The van der Waals surface area contributed by atoms with E-state index in [1.807, 2.05) is 55.5 Å². The Balaban J connectivity index is 1.78. The molecule has 5 heteroatoms. The summed E-state index contributed by atoms with van der Waals surface area (Å²) in [5, 5.41) is 33.8. The van der Waals surface area contributed by atoms with Crippen LogP contribution in [0.3, 0.4) is 0 Å². The van der Waals surface area contributed by atoms with Crippen molar-refractivity contribution in [3.8, 4) is 0 Å². The average Bonchev–Trinajstić information content (AvgIpc) is 3.00. The van der Waals surface area contributed by atoms with E-state index in [1.165, 1.54) is 5.56 Å². The zero-order valence-corrected chi connectivity index (χ0v) is 18.0. The number of carbonyl (C=O) groups excluding carboxylic acids is 1. The number of carbonyl (C=O) groups is 1. The number of rotatable bonds is 12. The molecule has 0 aromatic heterocycles. The third-order valence-corrected chi connectivity index (χ3v) is 5.77. The Hall–Kier alpha value is -1.95. The van der Waals surface area contributed by atoms with Crippen molar-refractivity contribution in [1.29, 1.82) is 0 Å². The first-order valence-electron chi connectivity index (χ1n) is 11.2. The smallest absolute Gasteiger partial charge is 0.219 e. The number of aliphatic hydroxyl groups is 3. The van der Waals surface area contributed by atoms with Gasteiger partial charge in [0.25, 0.3) is 0 Å². The number of benzene rings is 1. The van der Waals surface area contributed by atoms with Gasteiger partial charge >= 0.3 is 0 Å². The summed E-state index contributed by atoms with van der Waals surface area (Å²) in [4.78, 5) is 11.4. The number of hydrogen-bond donors (Lipinski definition) is 4. The van der Waals surface area contributed by atoms with Crippen LogP contribution in [0, 0.1) is 11.8 Å². The molecule has 0 saturated heterocycles. The molecule has 4 N–H and O–H groups in total. The summed E-state index contributed by atoms with van der Waals surface area (Å²) in [5.74, 6) is -0.139. The molecule has 0 bridgehead atoms. The fraction of sp³-hybridized carbons (Fsp3) is 0.560. The van der Waals surface area contributed by atoms with E-state index in [1.54, 1.807) is 6.08 Å². The Morgan fingerprint density at radius 1 is 1.20 bits per heavy atom. The highest BCUT2D eigenvalue weighted by Crippen LogP contribution is 2.36. The van der Waals surface area contributed by atoms with Gasteiger partial charge in [-0.1, -0.05) is 54.6 Å². The molecular weight excluding hydrogens is 378 g/mol. The molecule has 1 saturated carbocycles. The third kappa shape index (κ3) is 8.42. The molecule has 166 valence electrons. The van der Waals surface area contributed by atoms with E-state index >= 15 is 0 Å². The number of unbranched alkanes of at least 4 members (excludes halogenated alkanes) is 1. The molecule has 1 fully saturated rings. The first kappa shape index (κ1) is 24.3. The minimum absolute atomic E-state index is 0.0581. The summed E-state index contributed by atoms with van der Waals surface area (Å²) in [6, 6.07) is 10.1. The number of allylic oxidation sites excluding steroid dienone is 2. The molecule has 30 heavy (non-hydrogen) atoms. The van der Waals surface area contributed by atoms with Gasteiger partial charge in [-0.25, -0.2) is 0 Å². The molecule has 1 aromatic rings. The predicted molar refractivity (Wildman–Crippen MR) is 120 cm³/mol. The molecule has 0 aliphatic heterocycles. The monoisotopic (exact) mass is 415 g/mol. The lowest BCUT2D eigenvalue weighted by Gasteiger charge is -2.19. The highest BCUT2D eigenvalue weighted by molar-refractivity contribution is 5.75. The van der Waals surface area contributed by atoms with Gasteiger partial charge in [0.1, 0.15) is 0 Å². The van der Waals surface area contributed by atoms with Crippen LogP contribution in [-0.2, 0) is 11.2 Å². The van der Waals surface area contributed by atoms with Crippen LogP contribution in [-0.4, -0.2) is 46.1 Å². The normalized spacial score (nSPS) is 25.2. The van der Waals surface area contributed by atoms with Crippen LogP contribution in [0.5, 0.6) is 0 Å². The van der Waals surface area contributed by atoms with Gasteiger partial charge < -0.3 is 20.6 Å². The largest absolute Gasteiger partial charge is 0.393 e. The van der Waals surface area contributed by atoms with Crippen LogP contribution in [0.4, 0.5) is 0 Å². The fourth-order valence-electron chi connectivity index (χ4n) is 4.06. The molecule has 1 aliphatic rings. The summed E-state index contributed by atoms with van der Waals surface area (Å²) in [5.41, 5.74) is 1.19. The second-order valence-electron chi connectivity index (χ2n) is 8.14. The number of nitrogens with one attached hydrogen (secondary N) is 1. The fourth-order valence-corrected chi connectivity index (χ4v) is 4.06. The molecule has 0 heterocycles. The topological polar surface area (TPSA) is 89.8 Å². The van der Waals surface area contributed by atoms with E-state index in [4.69, 9.17) is 0 Å². The van der Waals surface area contributed by atoms with Gasteiger partial charge in [-0.2, -0.15) is 0 Å². The van der Waals surface area contributed by atoms with Gasteiger partial charge in [-0.3, -0.25) is 4.79 Å². The van der Waals surface area contributed by atoms with Crippen LogP contribution in [0.2, 0.25) is 0 Å². The first-order chi connectivity index (χ1) is 14.5. The molecule has 1 aromatic carbocycles. The Morgan fingerprint density at radius 2 is 1.97 bits per heavy atom. The summed E-state index contributed by atoms with van der Waals surface area (Å²) >= 11 is 0. The van der Waals surface area contributed by atoms with Gasteiger partial charge in [0.15, 0.2) is 0 Å². The van der Waals surface area contributed by atoms with Gasteiger partial charge in [-0.15, -0.1) is 0 Å². The Morgan fingerprint density at radius 3 is 2.70 bits per heavy atom. The van der Waals surface area contributed by atoms with Crippen LogP contribution < -0.4 is 5.32 Å². The van der Waals surface area contributed by atoms with Crippen LogP contribution >= 0.6 is 0 Å². The molecular formula is C25H37NO4. The van der Waals surface area contributed by atoms with E-state index in [9.17, 15) is 20.1 Å². The number of amides is 1. The zero-order chi connectivity index (χ0) is 21.8. The quantitative estimate of drug-likeness (QED) is 0.312. The number of hydrogen-bond acceptors (Lipinski definition) is 4. The van der Waals surface area contributed by atoms with E-state index < -0.39 is 18.3 Å². The molecule has 1 amide bonds. The van der Waals surface area contributed by atoms with Gasteiger partial charge in [0.05, 0.1) is 18.3 Å². The maximum absolute atomic E-state index is 11.4. The predicted octanol–water partition coefficient (Wildman–Crippen LogP) is 3.15. The van der Waals surface area contributed by atoms with E-state index in [0.29, 0.717) is 32.2 Å². The van der Waals surface area contributed by atoms with Crippen molar-refractivity contribution in [1.82, 2.24) is 5.32 Å². The molecule has 5 nitrogen and oxygen atoms in total. The highest BCUT2D eigenvalue weighted by atomic mass is 16.3. The second kappa shape index (κ2) is 13.4. The third-order valence-electron chi connectivity index (χ3n) is 5.77. The average molecular weight is 416 g/mol. The van der Waals surface area contributed by atoms with Gasteiger partial charge in [0, 0.05) is 25.3 Å². The Labute approximate surface area is 180 Å². The lowest BCUT2D eigenvalue weighted by atomic mass is 9.89. The maximum Gasteiger partial charge on any atom is 0.219 e. The van der Waals surface area contributed by atoms with Crippen molar-refractivity contribution in [3.63, 3.8) is 0 Å². The minimum atomic E-state index is -0.589. The second-order valence-corrected chi connectivity index (χ2v) is 8.14. The molecule has 1 aliphatic carbocycles. The molecule has 5 atom stereocenters. The molecule has 0 spiro atoms. The molecule has 0 unspecified atom stereocenters. The van der Waals surface area contributed by atoms with Gasteiger partial charge in [0.2, 0.25) is 5.91 Å². The molecule has 0 radical (unpaired) electrons. The Bertz CT molecular complexity index is 673. The van der Waals surface area contributed by atoms with E-state index in [0.717, 1.165) is 19.3 Å². The number of aliphatic hydroxyl groups excluding tert-OH is 3. The van der Waals surface area contributed by atoms with Crippen LogP contribution in [0.15, 0.2) is 54.6 Å². The summed E-state index contributed by atoms with van der Waals surface area (Å²) in [6.45, 7) is 2.57. The summed E-state index contributed by atoms with van der Waals surface area (Å²) in [7, 11) is 0. The van der Waals surface area contributed by atoms with Crippen LogP contribution in [0.25, 0.3) is 0 Å². The standard InChI is InChI=1S/C25H37NO4/c1-2-26-25(30)13-9-4-3-8-12-21-22(24(29)18-23(21)28)17-16-20(27)15-14-19-10-6-5-7-11-19/h3,5-8,10-11,16-17,20-24,27-29H,2,4,9,12-15,18H2,1H3,(H,26,30)/b8-3+,17-16+/t20-,21-,22+,23+,24+/m0/s1. The molecule has 2 rings (SSSR count).